The van der Waals surface area contributed by atoms with Crippen molar-refractivity contribution >= 4 is 11.6 Å². The van der Waals surface area contributed by atoms with E-state index >= 15 is 0 Å². The summed E-state index contributed by atoms with van der Waals surface area (Å²) in [6.45, 7) is 1.48. The Morgan fingerprint density at radius 2 is 1.59 bits per heavy atom. The van der Waals surface area contributed by atoms with E-state index in [1.165, 1.54) is 31.2 Å². The van der Waals surface area contributed by atoms with Gasteiger partial charge in [-0.2, -0.15) is 31.4 Å². The molecule has 0 unspecified atom stereocenters. The van der Waals surface area contributed by atoms with Crippen LogP contribution in [0, 0.1) is 6.92 Å². The standard InChI is InChI=1S/C26H19ClF6N2O2/c1-14-9-16(11-17(10-14)25(28,29)30)22-23(34-35(2)24(22)26(31,32)33)20-8-7-19(12-21(20)36)37-13-15-3-5-18(27)6-4-15/h3-12,36H,13H2,1-2H3. The van der Waals surface area contributed by atoms with E-state index in [1.54, 1.807) is 24.3 Å². The number of aromatic nitrogens is 2. The maximum absolute atomic E-state index is 14.0. The first-order valence-corrected chi connectivity index (χ1v) is 11.2. The van der Waals surface area contributed by atoms with E-state index in [9.17, 15) is 31.4 Å². The minimum atomic E-state index is -4.94. The fraction of sp³-hybridized carbons (Fsp3) is 0.192. The first-order chi connectivity index (χ1) is 17.2. The van der Waals surface area contributed by atoms with Crippen LogP contribution in [0.4, 0.5) is 26.3 Å². The fourth-order valence-electron chi connectivity index (χ4n) is 3.95. The quantitative estimate of drug-likeness (QED) is 0.261. The molecule has 0 fully saturated rings. The van der Waals surface area contributed by atoms with Gasteiger partial charge in [0.25, 0.3) is 0 Å². The molecule has 0 radical (unpaired) electrons. The number of aryl methyl sites for hydroxylation is 2. The van der Waals surface area contributed by atoms with Gasteiger partial charge in [-0.3, -0.25) is 4.68 Å². The number of aromatic hydroxyl groups is 1. The van der Waals surface area contributed by atoms with E-state index in [0.29, 0.717) is 15.8 Å². The van der Waals surface area contributed by atoms with Gasteiger partial charge in [-0.25, -0.2) is 0 Å². The van der Waals surface area contributed by atoms with Crippen LogP contribution < -0.4 is 4.74 Å². The second-order valence-corrected chi connectivity index (χ2v) is 8.81. The minimum Gasteiger partial charge on any atom is -0.507 e. The maximum atomic E-state index is 14.0. The van der Waals surface area contributed by atoms with Crippen LogP contribution in [0.15, 0.2) is 60.7 Å². The van der Waals surface area contributed by atoms with Gasteiger partial charge in [-0.05, 0) is 60.0 Å². The van der Waals surface area contributed by atoms with Crippen LogP contribution in [0.1, 0.15) is 22.4 Å². The van der Waals surface area contributed by atoms with E-state index in [-0.39, 0.29) is 34.7 Å². The predicted molar refractivity (Wildman–Crippen MR) is 126 cm³/mol. The lowest BCUT2D eigenvalue weighted by molar-refractivity contribution is -0.143. The molecule has 4 aromatic rings. The molecule has 0 saturated carbocycles. The molecule has 4 rings (SSSR count). The second kappa shape index (κ2) is 9.66. The third-order valence-corrected chi connectivity index (χ3v) is 5.80. The van der Waals surface area contributed by atoms with Gasteiger partial charge in [-0.1, -0.05) is 29.8 Å². The zero-order valence-corrected chi connectivity index (χ0v) is 20.1. The lowest BCUT2D eigenvalue weighted by atomic mass is 9.95. The smallest absolute Gasteiger partial charge is 0.433 e. The van der Waals surface area contributed by atoms with E-state index in [0.717, 1.165) is 18.7 Å². The summed E-state index contributed by atoms with van der Waals surface area (Å²) >= 11 is 5.86. The lowest BCUT2D eigenvalue weighted by Crippen LogP contribution is -2.13. The summed E-state index contributed by atoms with van der Waals surface area (Å²) in [7, 11) is 1.04. The monoisotopic (exact) mass is 540 g/mol. The van der Waals surface area contributed by atoms with Crippen LogP contribution in [-0.4, -0.2) is 14.9 Å². The van der Waals surface area contributed by atoms with Gasteiger partial charge in [0.2, 0.25) is 0 Å². The first kappa shape index (κ1) is 26.4. The molecule has 0 aliphatic carbocycles. The zero-order chi connectivity index (χ0) is 27.1. The fourth-order valence-corrected chi connectivity index (χ4v) is 4.08. The Hall–Kier alpha value is -3.66. The van der Waals surface area contributed by atoms with Gasteiger partial charge in [0, 0.05) is 29.3 Å². The summed E-state index contributed by atoms with van der Waals surface area (Å²) in [5, 5.41) is 15.2. The van der Waals surface area contributed by atoms with Crippen molar-refractivity contribution in [2.75, 3.05) is 0 Å². The molecule has 1 heterocycles. The highest BCUT2D eigenvalue weighted by molar-refractivity contribution is 6.30. The van der Waals surface area contributed by atoms with Crippen molar-refractivity contribution in [3.8, 4) is 33.9 Å². The molecular formula is C26H19ClF6N2O2. The van der Waals surface area contributed by atoms with E-state index in [4.69, 9.17) is 16.3 Å². The van der Waals surface area contributed by atoms with Crippen molar-refractivity contribution in [2.24, 2.45) is 7.05 Å². The van der Waals surface area contributed by atoms with Gasteiger partial charge in [0.05, 0.1) is 5.56 Å². The van der Waals surface area contributed by atoms with Crippen molar-refractivity contribution in [2.45, 2.75) is 25.9 Å². The Kier molecular flexibility index (Phi) is 6.89. The highest BCUT2D eigenvalue weighted by Gasteiger charge is 2.41. The van der Waals surface area contributed by atoms with Gasteiger partial charge in [0.15, 0.2) is 5.69 Å². The van der Waals surface area contributed by atoms with Crippen molar-refractivity contribution in [1.82, 2.24) is 9.78 Å². The Morgan fingerprint density at radius 1 is 0.919 bits per heavy atom. The normalized spacial score (nSPS) is 12.1. The summed E-state index contributed by atoms with van der Waals surface area (Å²) in [4.78, 5) is 0. The number of rotatable bonds is 5. The average Bonchev–Trinajstić information content (AvgIpc) is 3.15. The van der Waals surface area contributed by atoms with Crippen LogP contribution in [0.5, 0.6) is 11.5 Å². The molecule has 0 atom stereocenters. The molecule has 0 spiro atoms. The van der Waals surface area contributed by atoms with Crippen LogP contribution in [0.3, 0.4) is 0 Å². The molecule has 11 heteroatoms. The molecule has 1 aromatic heterocycles. The maximum Gasteiger partial charge on any atom is 0.433 e. The minimum absolute atomic E-state index is 0.102. The third-order valence-electron chi connectivity index (χ3n) is 5.55. The van der Waals surface area contributed by atoms with E-state index < -0.39 is 34.9 Å². The summed E-state index contributed by atoms with van der Waals surface area (Å²) in [5.74, 6) is -0.231. The SMILES string of the molecule is Cc1cc(-c2c(-c3ccc(OCc4ccc(Cl)cc4)cc3O)nn(C)c2C(F)(F)F)cc(C(F)(F)F)c1. The summed E-state index contributed by atoms with van der Waals surface area (Å²) < 4.78 is 88.6. The molecule has 1 N–H and O–H groups in total. The van der Waals surface area contributed by atoms with Gasteiger partial charge < -0.3 is 9.84 Å². The third kappa shape index (κ3) is 5.69. The molecule has 0 aliphatic heterocycles. The van der Waals surface area contributed by atoms with E-state index in [1.807, 2.05) is 0 Å². The average molecular weight is 541 g/mol. The molecule has 194 valence electrons. The molecule has 0 saturated heterocycles. The van der Waals surface area contributed by atoms with Crippen molar-refractivity contribution < 1.29 is 36.2 Å². The van der Waals surface area contributed by atoms with Gasteiger partial charge >= 0.3 is 12.4 Å². The predicted octanol–water partition coefficient (Wildman–Crippen LogP) is 8.04. The Bertz CT molecular complexity index is 1440. The first-order valence-electron chi connectivity index (χ1n) is 10.8. The molecule has 3 aromatic carbocycles. The molecule has 4 nitrogen and oxygen atoms in total. The highest BCUT2D eigenvalue weighted by Crippen LogP contribution is 2.46. The second-order valence-electron chi connectivity index (χ2n) is 8.37. The molecule has 0 bridgehead atoms. The summed E-state index contributed by atoms with van der Waals surface area (Å²) in [6.07, 6.45) is -9.71. The molecule has 37 heavy (non-hydrogen) atoms. The van der Waals surface area contributed by atoms with Crippen molar-refractivity contribution in [3.05, 3.63) is 88.1 Å². The largest absolute Gasteiger partial charge is 0.507 e. The Morgan fingerprint density at radius 3 is 2.19 bits per heavy atom. The number of hydrogen-bond donors (Lipinski definition) is 1. The Balaban J connectivity index is 1.80. The number of ether oxygens (including phenoxy) is 1. The topological polar surface area (TPSA) is 47.3 Å². The summed E-state index contributed by atoms with van der Waals surface area (Å²) in [6, 6.07) is 13.5. The number of hydrogen-bond acceptors (Lipinski definition) is 3. The number of benzene rings is 3. The zero-order valence-electron chi connectivity index (χ0n) is 19.4. The number of nitrogens with zero attached hydrogens (tertiary/aromatic N) is 2. The molecular weight excluding hydrogens is 522 g/mol. The number of phenolic OH excluding ortho intramolecular Hbond substituents is 1. The number of phenols is 1. The molecule has 0 amide bonds. The molecule has 0 aliphatic rings. The number of alkyl halides is 6. The summed E-state index contributed by atoms with van der Waals surface area (Å²) in [5.41, 5.74) is -2.77. The van der Waals surface area contributed by atoms with Gasteiger partial charge in [0.1, 0.15) is 23.8 Å². The van der Waals surface area contributed by atoms with Crippen LogP contribution in [0.25, 0.3) is 22.4 Å². The van der Waals surface area contributed by atoms with Crippen LogP contribution >= 0.6 is 11.6 Å². The van der Waals surface area contributed by atoms with Crippen molar-refractivity contribution in [3.63, 3.8) is 0 Å². The number of halogens is 7. The van der Waals surface area contributed by atoms with Crippen LogP contribution in [0.2, 0.25) is 5.02 Å². The van der Waals surface area contributed by atoms with Crippen molar-refractivity contribution in [1.29, 1.82) is 0 Å². The van der Waals surface area contributed by atoms with Gasteiger partial charge in [-0.15, -0.1) is 0 Å². The Labute approximate surface area is 212 Å². The lowest BCUT2D eigenvalue weighted by Gasteiger charge is -2.15. The highest BCUT2D eigenvalue weighted by atomic mass is 35.5. The van der Waals surface area contributed by atoms with Crippen LogP contribution in [-0.2, 0) is 26.0 Å². The van der Waals surface area contributed by atoms with E-state index in [2.05, 4.69) is 5.10 Å².